The third-order valence-electron chi connectivity index (χ3n) is 4.38. The number of rotatable bonds is 5. The molecule has 2 aromatic rings. The molecule has 0 radical (unpaired) electrons. The molecule has 1 aliphatic carbocycles. The predicted octanol–water partition coefficient (Wildman–Crippen LogP) is 3.88. The van der Waals surface area contributed by atoms with E-state index in [0.29, 0.717) is 17.4 Å². The molecule has 0 aliphatic heterocycles. The molecule has 1 N–H and O–H groups in total. The van der Waals surface area contributed by atoms with Crippen LogP contribution in [-0.2, 0) is 11.2 Å². The van der Waals surface area contributed by atoms with Gasteiger partial charge < -0.3 is 5.32 Å². The highest BCUT2D eigenvalue weighted by molar-refractivity contribution is 5.79. The third-order valence-corrected chi connectivity index (χ3v) is 4.38. The molecule has 3 unspecified atom stereocenters. The fourth-order valence-electron chi connectivity index (χ4n) is 2.95. The first kappa shape index (κ1) is 14.8. The van der Waals surface area contributed by atoms with Crippen molar-refractivity contribution in [3.8, 4) is 0 Å². The van der Waals surface area contributed by atoms with E-state index in [4.69, 9.17) is 0 Å². The molecule has 3 heteroatoms. The molecule has 114 valence electrons. The molecule has 0 heterocycles. The Hall–Kier alpha value is -2.16. The van der Waals surface area contributed by atoms with Crippen molar-refractivity contribution >= 4 is 5.91 Å². The average molecular weight is 297 g/mol. The van der Waals surface area contributed by atoms with Crippen LogP contribution in [0.5, 0.6) is 0 Å². The molecule has 0 aromatic heterocycles. The standard InChI is InChI=1S/C19H20FNO/c1-13-11-16(13)19(14-7-3-2-4-8-14)21-18(22)12-15-9-5-6-10-17(15)20/h2-10,13,16,19H,11-12H2,1H3,(H,21,22). The van der Waals surface area contributed by atoms with Crippen LogP contribution in [0.2, 0.25) is 0 Å². The molecule has 22 heavy (non-hydrogen) atoms. The van der Waals surface area contributed by atoms with Gasteiger partial charge >= 0.3 is 0 Å². The zero-order chi connectivity index (χ0) is 15.5. The Balaban J connectivity index is 1.71. The van der Waals surface area contributed by atoms with Crippen LogP contribution in [0.15, 0.2) is 54.6 Å². The first-order valence-corrected chi connectivity index (χ1v) is 7.73. The van der Waals surface area contributed by atoms with E-state index in [1.54, 1.807) is 18.2 Å². The number of halogens is 1. The van der Waals surface area contributed by atoms with Crippen molar-refractivity contribution in [3.05, 3.63) is 71.5 Å². The number of benzene rings is 2. The molecule has 3 rings (SSSR count). The van der Waals surface area contributed by atoms with Gasteiger partial charge in [-0.25, -0.2) is 4.39 Å². The van der Waals surface area contributed by atoms with Crippen molar-refractivity contribution < 1.29 is 9.18 Å². The summed E-state index contributed by atoms with van der Waals surface area (Å²) in [7, 11) is 0. The zero-order valence-electron chi connectivity index (χ0n) is 12.6. The molecule has 2 nitrogen and oxygen atoms in total. The van der Waals surface area contributed by atoms with E-state index in [0.717, 1.165) is 12.0 Å². The van der Waals surface area contributed by atoms with Crippen molar-refractivity contribution in [2.24, 2.45) is 11.8 Å². The summed E-state index contributed by atoms with van der Waals surface area (Å²) in [5.41, 5.74) is 1.56. The van der Waals surface area contributed by atoms with Crippen LogP contribution in [0.3, 0.4) is 0 Å². The maximum absolute atomic E-state index is 13.7. The Bertz CT molecular complexity index is 655. The maximum Gasteiger partial charge on any atom is 0.225 e. The summed E-state index contributed by atoms with van der Waals surface area (Å²) >= 11 is 0. The SMILES string of the molecule is CC1CC1C(NC(=O)Cc1ccccc1F)c1ccccc1. The fraction of sp³-hybridized carbons (Fsp3) is 0.316. The minimum absolute atomic E-state index is 0.0236. The van der Waals surface area contributed by atoms with Gasteiger partial charge in [0.1, 0.15) is 5.82 Å². The smallest absolute Gasteiger partial charge is 0.225 e. The van der Waals surface area contributed by atoms with E-state index in [9.17, 15) is 9.18 Å². The van der Waals surface area contributed by atoms with E-state index in [1.165, 1.54) is 6.07 Å². The third kappa shape index (κ3) is 3.35. The predicted molar refractivity (Wildman–Crippen MR) is 84.7 cm³/mol. The van der Waals surface area contributed by atoms with Gasteiger partial charge in [-0.15, -0.1) is 0 Å². The topological polar surface area (TPSA) is 29.1 Å². The molecule has 0 saturated heterocycles. The lowest BCUT2D eigenvalue weighted by Gasteiger charge is -2.19. The summed E-state index contributed by atoms with van der Waals surface area (Å²) in [6.45, 7) is 2.20. The highest BCUT2D eigenvalue weighted by atomic mass is 19.1. The summed E-state index contributed by atoms with van der Waals surface area (Å²) in [4.78, 5) is 12.3. The minimum atomic E-state index is -0.325. The lowest BCUT2D eigenvalue weighted by atomic mass is 10.0. The van der Waals surface area contributed by atoms with Gasteiger partial charge in [-0.2, -0.15) is 0 Å². The lowest BCUT2D eigenvalue weighted by molar-refractivity contribution is -0.121. The van der Waals surface area contributed by atoms with Gasteiger partial charge in [0.15, 0.2) is 0 Å². The lowest BCUT2D eigenvalue weighted by Crippen LogP contribution is -2.31. The van der Waals surface area contributed by atoms with Gasteiger partial charge in [-0.1, -0.05) is 55.5 Å². The second-order valence-corrected chi connectivity index (χ2v) is 6.10. The average Bonchev–Trinajstić information content (AvgIpc) is 3.25. The van der Waals surface area contributed by atoms with Crippen molar-refractivity contribution in [2.75, 3.05) is 0 Å². The van der Waals surface area contributed by atoms with Gasteiger partial charge in [-0.3, -0.25) is 4.79 Å². The first-order chi connectivity index (χ1) is 10.6. The Morgan fingerprint density at radius 3 is 2.45 bits per heavy atom. The summed E-state index contributed by atoms with van der Waals surface area (Å²) in [5, 5.41) is 3.10. The van der Waals surface area contributed by atoms with Crippen LogP contribution in [0.4, 0.5) is 4.39 Å². The van der Waals surface area contributed by atoms with Crippen LogP contribution in [-0.4, -0.2) is 5.91 Å². The Morgan fingerprint density at radius 2 is 1.82 bits per heavy atom. The molecule has 1 saturated carbocycles. The molecule has 2 aromatic carbocycles. The number of nitrogens with one attached hydrogen (secondary N) is 1. The quantitative estimate of drug-likeness (QED) is 0.891. The van der Waals surface area contributed by atoms with E-state index in [-0.39, 0.29) is 24.2 Å². The van der Waals surface area contributed by atoms with Crippen molar-refractivity contribution in [1.29, 1.82) is 0 Å². The molecule has 0 spiro atoms. The summed E-state index contributed by atoms with van der Waals surface area (Å²) in [6.07, 6.45) is 1.21. The zero-order valence-corrected chi connectivity index (χ0v) is 12.6. The number of amides is 1. The second-order valence-electron chi connectivity index (χ2n) is 6.10. The highest BCUT2D eigenvalue weighted by Crippen LogP contribution is 2.46. The molecule has 3 atom stereocenters. The second kappa shape index (κ2) is 6.30. The van der Waals surface area contributed by atoms with Crippen molar-refractivity contribution in [3.63, 3.8) is 0 Å². The fourth-order valence-corrected chi connectivity index (χ4v) is 2.95. The van der Waals surface area contributed by atoms with E-state index in [2.05, 4.69) is 12.2 Å². The number of carbonyl (C=O) groups is 1. The maximum atomic E-state index is 13.7. The largest absolute Gasteiger partial charge is 0.349 e. The van der Waals surface area contributed by atoms with Crippen molar-refractivity contribution in [2.45, 2.75) is 25.8 Å². The van der Waals surface area contributed by atoms with Crippen molar-refractivity contribution in [1.82, 2.24) is 5.32 Å². The molecule has 1 amide bonds. The first-order valence-electron chi connectivity index (χ1n) is 7.73. The summed E-state index contributed by atoms with van der Waals surface area (Å²) < 4.78 is 13.7. The van der Waals surface area contributed by atoms with E-state index in [1.807, 2.05) is 30.3 Å². The highest BCUT2D eigenvalue weighted by Gasteiger charge is 2.40. The molecular weight excluding hydrogens is 277 g/mol. The van der Waals surface area contributed by atoms with E-state index < -0.39 is 0 Å². The molecule has 0 bridgehead atoms. The Morgan fingerprint density at radius 1 is 1.18 bits per heavy atom. The minimum Gasteiger partial charge on any atom is -0.349 e. The van der Waals surface area contributed by atoms with Crippen LogP contribution in [0.1, 0.15) is 30.5 Å². The summed E-state index contributed by atoms with van der Waals surface area (Å²) in [6, 6.07) is 16.5. The van der Waals surface area contributed by atoms with Gasteiger partial charge in [0.2, 0.25) is 5.91 Å². The van der Waals surface area contributed by atoms with Gasteiger partial charge in [0.25, 0.3) is 0 Å². The van der Waals surface area contributed by atoms with E-state index >= 15 is 0 Å². The van der Waals surface area contributed by atoms with Crippen LogP contribution < -0.4 is 5.32 Å². The van der Waals surface area contributed by atoms with Crippen LogP contribution in [0, 0.1) is 17.7 Å². The monoisotopic (exact) mass is 297 g/mol. The Kier molecular flexibility index (Phi) is 4.23. The number of hydrogen-bond acceptors (Lipinski definition) is 1. The molecule has 1 aliphatic rings. The van der Waals surface area contributed by atoms with Crippen LogP contribution >= 0.6 is 0 Å². The summed E-state index contributed by atoms with van der Waals surface area (Å²) in [5.74, 6) is 0.651. The number of carbonyl (C=O) groups excluding carboxylic acids is 1. The van der Waals surface area contributed by atoms with Gasteiger partial charge in [-0.05, 0) is 35.4 Å². The van der Waals surface area contributed by atoms with Gasteiger partial charge in [0, 0.05) is 0 Å². The Labute approximate surface area is 130 Å². The van der Waals surface area contributed by atoms with Crippen LogP contribution in [0.25, 0.3) is 0 Å². The number of hydrogen-bond donors (Lipinski definition) is 1. The normalized spacial score (nSPS) is 21.2. The molecule has 1 fully saturated rings. The van der Waals surface area contributed by atoms with Gasteiger partial charge in [0.05, 0.1) is 12.5 Å². The molecular formula is C19H20FNO.